The summed E-state index contributed by atoms with van der Waals surface area (Å²) >= 11 is 1.63. The fourth-order valence-electron chi connectivity index (χ4n) is 3.59. The summed E-state index contributed by atoms with van der Waals surface area (Å²) in [6.07, 6.45) is 3.65. The highest BCUT2D eigenvalue weighted by molar-refractivity contribution is 7.15. The third kappa shape index (κ3) is 5.63. The summed E-state index contributed by atoms with van der Waals surface area (Å²) < 4.78 is 10.6. The number of carbonyl (C=O) groups is 2. The summed E-state index contributed by atoms with van der Waals surface area (Å²) in [6.45, 7) is 3.58. The molecule has 0 saturated heterocycles. The number of hydrogen-bond donors (Lipinski definition) is 3. The zero-order valence-electron chi connectivity index (χ0n) is 17.3. The minimum Gasteiger partial charge on any atom is -0.496 e. The van der Waals surface area contributed by atoms with Crippen LogP contribution < -0.4 is 15.4 Å². The first-order valence-electron chi connectivity index (χ1n) is 9.97. The van der Waals surface area contributed by atoms with Gasteiger partial charge >= 0.3 is 12.2 Å². The summed E-state index contributed by atoms with van der Waals surface area (Å²) in [5.74, 6) is 0.982. The first-order chi connectivity index (χ1) is 14.4. The molecule has 3 rings (SSSR count). The summed E-state index contributed by atoms with van der Waals surface area (Å²) in [7, 11) is 1.59. The average Bonchev–Trinajstić information content (AvgIpc) is 3.17. The number of carbonyl (C=O) groups excluding carboxylic acids is 1. The Morgan fingerprint density at radius 3 is 2.60 bits per heavy atom. The molecule has 30 heavy (non-hydrogen) atoms. The first kappa shape index (κ1) is 21.9. The number of rotatable bonds is 6. The average molecular weight is 434 g/mol. The highest BCUT2D eigenvalue weighted by Gasteiger charge is 2.26. The molecule has 0 atom stereocenters. The number of carboxylic acid groups (broad SMARTS) is 1. The second kappa shape index (κ2) is 9.80. The van der Waals surface area contributed by atoms with Gasteiger partial charge in [0.1, 0.15) is 5.75 Å². The Morgan fingerprint density at radius 2 is 1.97 bits per heavy atom. The SMILES string of the molecule is COc1cc(NC(=O)OC(C)C)ccc1-c1cnc(C2CCC(NC(=O)O)CC2)s1. The Balaban J connectivity index is 1.69. The molecule has 3 N–H and O–H groups in total. The Hall–Kier alpha value is -2.81. The van der Waals surface area contributed by atoms with Crippen molar-refractivity contribution in [2.75, 3.05) is 12.4 Å². The lowest BCUT2D eigenvalue weighted by Gasteiger charge is -2.27. The van der Waals surface area contributed by atoms with Crippen molar-refractivity contribution >= 4 is 29.2 Å². The van der Waals surface area contributed by atoms with Crippen LogP contribution in [0.1, 0.15) is 50.5 Å². The topological polar surface area (TPSA) is 110 Å². The summed E-state index contributed by atoms with van der Waals surface area (Å²) in [4.78, 5) is 28.2. The molecule has 1 aliphatic rings. The zero-order valence-corrected chi connectivity index (χ0v) is 18.1. The van der Waals surface area contributed by atoms with Crippen LogP contribution in [-0.2, 0) is 4.74 Å². The predicted molar refractivity (Wildman–Crippen MR) is 115 cm³/mol. The fraction of sp³-hybridized carbons (Fsp3) is 0.476. The minimum absolute atomic E-state index is 0.0284. The molecule has 1 aliphatic carbocycles. The molecule has 1 saturated carbocycles. The third-order valence-corrected chi connectivity index (χ3v) is 6.18. The van der Waals surface area contributed by atoms with Gasteiger partial charge < -0.3 is 19.9 Å². The molecule has 1 fully saturated rings. The van der Waals surface area contributed by atoms with Crippen molar-refractivity contribution in [1.29, 1.82) is 0 Å². The van der Waals surface area contributed by atoms with Crippen LogP contribution in [0.15, 0.2) is 24.4 Å². The Labute approximate surface area is 179 Å². The molecule has 8 nitrogen and oxygen atoms in total. The van der Waals surface area contributed by atoms with Crippen molar-refractivity contribution in [1.82, 2.24) is 10.3 Å². The number of benzene rings is 1. The molecule has 1 heterocycles. The van der Waals surface area contributed by atoms with E-state index in [1.54, 1.807) is 38.4 Å². The highest BCUT2D eigenvalue weighted by Crippen LogP contribution is 2.40. The summed E-state index contributed by atoms with van der Waals surface area (Å²) in [5.41, 5.74) is 1.50. The van der Waals surface area contributed by atoms with Crippen LogP contribution >= 0.6 is 11.3 Å². The first-order valence-corrected chi connectivity index (χ1v) is 10.8. The molecule has 2 amide bonds. The van der Waals surface area contributed by atoms with Crippen molar-refractivity contribution in [3.05, 3.63) is 29.4 Å². The number of aromatic nitrogens is 1. The largest absolute Gasteiger partial charge is 0.496 e. The molecule has 162 valence electrons. The van der Waals surface area contributed by atoms with Gasteiger partial charge in [0.2, 0.25) is 0 Å². The van der Waals surface area contributed by atoms with Crippen LogP contribution in [0.25, 0.3) is 10.4 Å². The Morgan fingerprint density at radius 1 is 1.23 bits per heavy atom. The number of ether oxygens (including phenoxy) is 2. The number of amides is 2. The van der Waals surface area contributed by atoms with Gasteiger partial charge in [0.25, 0.3) is 0 Å². The summed E-state index contributed by atoms with van der Waals surface area (Å²) in [5, 5.41) is 15.2. The standard InChI is InChI=1S/C21H27N3O5S/c1-12(2)29-21(27)24-15-8-9-16(17(10-15)28-3)18-11-22-19(30-18)13-4-6-14(7-5-13)23-20(25)26/h8-14,23H,4-7H2,1-3H3,(H,24,27)(H,25,26). The fourth-order valence-corrected chi connectivity index (χ4v) is 4.71. The van der Waals surface area contributed by atoms with E-state index in [1.165, 1.54) is 0 Å². The van der Waals surface area contributed by atoms with Gasteiger partial charge in [-0.2, -0.15) is 0 Å². The molecule has 0 spiro atoms. The van der Waals surface area contributed by atoms with Gasteiger partial charge in [-0.1, -0.05) is 0 Å². The van der Waals surface area contributed by atoms with Gasteiger partial charge in [-0.15, -0.1) is 11.3 Å². The zero-order chi connectivity index (χ0) is 21.7. The number of nitrogens with zero attached hydrogens (tertiary/aromatic N) is 1. The van der Waals surface area contributed by atoms with E-state index >= 15 is 0 Å². The van der Waals surface area contributed by atoms with Gasteiger partial charge in [0, 0.05) is 35.5 Å². The highest BCUT2D eigenvalue weighted by atomic mass is 32.1. The van der Waals surface area contributed by atoms with Crippen LogP contribution in [-0.4, -0.2) is 41.5 Å². The molecule has 9 heteroatoms. The second-order valence-corrected chi connectivity index (χ2v) is 8.62. The Kier molecular flexibility index (Phi) is 7.15. The molecular weight excluding hydrogens is 406 g/mol. The number of hydrogen-bond acceptors (Lipinski definition) is 6. The number of methoxy groups -OCH3 is 1. The van der Waals surface area contributed by atoms with E-state index in [-0.39, 0.29) is 12.1 Å². The number of nitrogens with one attached hydrogen (secondary N) is 2. The molecule has 1 aromatic carbocycles. The van der Waals surface area contributed by atoms with Gasteiger partial charge in [0.15, 0.2) is 0 Å². The normalized spacial score (nSPS) is 18.7. The third-order valence-electron chi connectivity index (χ3n) is 4.98. The van der Waals surface area contributed by atoms with E-state index in [1.807, 2.05) is 18.3 Å². The Bertz CT molecular complexity index is 891. The van der Waals surface area contributed by atoms with Crippen molar-refractivity contribution in [2.24, 2.45) is 0 Å². The van der Waals surface area contributed by atoms with Crippen LogP contribution in [0, 0.1) is 0 Å². The van der Waals surface area contributed by atoms with Gasteiger partial charge in [-0.05, 0) is 51.7 Å². The van der Waals surface area contributed by atoms with Crippen molar-refractivity contribution in [3.8, 4) is 16.2 Å². The lowest BCUT2D eigenvalue weighted by Crippen LogP contribution is -2.36. The van der Waals surface area contributed by atoms with Crippen molar-refractivity contribution in [2.45, 2.75) is 57.6 Å². The van der Waals surface area contributed by atoms with E-state index in [2.05, 4.69) is 15.6 Å². The molecule has 0 bridgehead atoms. The molecule has 0 aliphatic heterocycles. The van der Waals surface area contributed by atoms with Gasteiger partial charge in [0.05, 0.1) is 23.1 Å². The van der Waals surface area contributed by atoms with E-state index in [0.717, 1.165) is 41.1 Å². The van der Waals surface area contributed by atoms with E-state index in [4.69, 9.17) is 14.6 Å². The summed E-state index contributed by atoms with van der Waals surface area (Å²) in [6, 6.07) is 5.50. The van der Waals surface area contributed by atoms with Crippen molar-refractivity contribution in [3.63, 3.8) is 0 Å². The number of thiazole rings is 1. The lowest BCUT2D eigenvalue weighted by molar-refractivity contribution is 0.130. The van der Waals surface area contributed by atoms with Crippen molar-refractivity contribution < 1.29 is 24.2 Å². The minimum atomic E-state index is -0.961. The van der Waals surface area contributed by atoms with Gasteiger partial charge in [-0.3, -0.25) is 5.32 Å². The van der Waals surface area contributed by atoms with Crippen LogP contribution in [0.5, 0.6) is 5.75 Å². The maximum absolute atomic E-state index is 11.8. The molecule has 0 radical (unpaired) electrons. The van der Waals surface area contributed by atoms with E-state index < -0.39 is 12.2 Å². The number of anilines is 1. The maximum Gasteiger partial charge on any atom is 0.411 e. The smallest absolute Gasteiger partial charge is 0.411 e. The van der Waals surface area contributed by atoms with Crippen LogP contribution in [0.2, 0.25) is 0 Å². The van der Waals surface area contributed by atoms with E-state index in [9.17, 15) is 9.59 Å². The molecule has 1 aromatic heterocycles. The van der Waals surface area contributed by atoms with Gasteiger partial charge in [-0.25, -0.2) is 14.6 Å². The van der Waals surface area contributed by atoms with Crippen LogP contribution in [0.3, 0.4) is 0 Å². The quantitative estimate of drug-likeness (QED) is 0.587. The second-order valence-electron chi connectivity index (χ2n) is 7.55. The molecular formula is C21H27N3O5S. The molecule has 2 aromatic rings. The lowest BCUT2D eigenvalue weighted by atomic mass is 9.86. The predicted octanol–water partition coefficient (Wildman–Crippen LogP) is 5.07. The monoisotopic (exact) mass is 433 g/mol. The van der Waals surface area contributed by atoms with E-state index in [0.29, 0.717) is 17.4 Å². The molecule has 0 unspecified atom stereocenters. The van der Waals surface area contributed by atoms with Crippen LogP contribution in [0.4, 0.5) is 15.3 Å². The maximum atomic E-state index is 11.8.